The average Bonchev–Trinajstić information content (AvgIpc) is 2.61. The highest BCUT2D eigenvalue weighted by atomic mass is 35.5. The third-order valence-corrected chi connectivity index (χ3v) is 5.64. The van der Waals surface area contributed by atoms with Crippen molar-refractivity contribution in [3.63, 3.8) is 0 Å². The van der Waals surface area contributed by atoms with Crippen LogP contribution in [0.5, 0.6) is 0 Å². The first-order chi connectivity index (χ1) is 12.0. The van der Waals surface area contributed by atoms with E-state index in [1.807, 2.05) is 55.5 Å². The van der Waals surface area contributed by atoms with Gasteiger partial charge in [0.25, 0.3) is 0 Å². The minimum absolute atomic E-state index is 0.00148. The number of ketones is 1. The van der Waals surface area contributed by atoms with Crippen molar-refractivity contribution in [2.24, 2.45) is 11.8 Å². The van der Waals surface area contributed by atoms with Crippen molar-refractivity contribution in [1.29, 1.82) is 0 Å². The van der Waals surface area contributed by atoms with Gasteiger partial charge in [-0.05, 0) is 41.8 Å². The Morgan fingerprint density at radius 1 is 0.880 bits per heavy atom. The summed E-state index contributed by atoms with van der Waals surface area (Å²) in [6, 6.07) is 15.6. The minimum Gasteiger partial charge on any atom is -0.302 e. The van der Waals surface area contributed by atoms with Gasteiger partial charge in [-0.25, -0.2) is 0 Å². The maximum atomic E-state index is 13.1. The molecule has 1 aliphatic heterocycles. The number of nitrogens with one attached hydrogen (secondary N) is 1. The van der Waals surface area contributed by atoms with E-state index in [-0.39, 0.29) is 23.9 Å². The lowest BCUT2D eigenvalue weighted by atomic mass is 9.74. The Hall–Kier alpha value is -1.35. The van der Waals surface area contributed by atoms with Crippen LogP contribution in [0.2, 0.25) is 10.0 Å². The molecule has 25 heavy (non-hydrogen) atoms. The SMILES string of the molecule is CCC[C@H]1C(=O)[C@H](C)[C@H](c2ccc(Cl)cc2)N[C@@H]1c1ccc(Cl)cc1. The normalized spacial score (nSPS) is 26.6. The van der Waals surface area contributed by atoms with E-state index in [4.69, 9.17) is 23.2 Å². The largest absolute Gasteiger partial charge is 0.302 e. The molecule has 0 saturated carbocycles. The summed E-state index contributed by atoms with van der Waals surface area (Å²) in [6.45, 7) is 4.15. The summed E-state index contributed by atoms with van der Waals surface area (Å²) >= 11 is 12.1. The number of hydrogen-bond donors (Lipinski definition) is 1. The van der Waals surface area contributed by atoms with Crippen molar-refractivity contribution >= 4 is 29.0 Å². The fourth-order valence-electron chi connectivity index (χ4n) is 3.79. The second-order valence-electron chi connectivity index (χ2n) is 6.81. The van der Waals surface area contributed by atoms with E-state index in [0.717, 1.165) is 24.0 Å². The van der Waals surface area contributed by atoms with Gasteiger partial charge < -0.3 is 5.32 Å². The summed E-state index contributed by atoms with van der Waals surface area (Å²) in [5, 5.41) is 5.15. The third kappa shape index (κ3) is 3.92. The topological polar surface area (TPSA) is 29.1 Å². The first kappa shape index (κ1) is 18.4. The van der Waals surface area contributed by atoms with Gasteiger partial charge in [0.2, 0.25) is 0 Å². The molecule has 1 aliphatic rings. The van der Waals surface area contributed by atoms with Crippen LogP contribution in [0.25, 0.3) is 0 Å². The smallest absolute Gasteiger partial charge is 0.142 e. The van der Waals surface area contributed by atoms with Crippen molar-refractivity contribution in [2.45, 2.75) is 38.8 Å². The molecule has 2 aromatic carbocycles. The molecule has 1 heterocycles. The zero-order chi connectivity index (χ0) is 18.0. The minimum atomic E-state index is -0.0683. The molecular weight excluding hydrogens is 353 g/mol. The molecule has 4 heteroatoms. The van der Waals surface area contributed by atoms with E-state index in [0.29, 0.717) is 15.8 Å². The van der Waals surface area contributed by atoms with E-state index in [9.17, 15) is 4.79 Å². The van der Waals surface area contributed by atoms with Crippen LogP contribution in [-0.4, -0.2) is 5.78 Å². The van der Waals surface area contributed by atoms with E-state index in [1.54, 1.807) is 0 Å². The maximum absolute atomic E-state index is 13.1. The van der Waals surface area contributed by atoms with E-state index < -0.39 is 0 Å². The van der Waals surface area contributed by atoms with Crippen LogP contribution in [0.1, 0.15) is 49.9 Å². The predicted octanol–water partition coefficient (Wildman–Crippen LogP) is 6.00. The molecule has 0 amide bonds. The molecule has 2 aromatic rings. The summed E-state index contributed by atoms with van der Waals surface area (Å²) < 4.78 is 0. The summed E-state index contributed by atoms with van der Waals surface area (Å²) in [6.07, 6.45) is 1.87. The molecule has 0 radical (unpaired) electrons. The highest BCUT2D eigenvalue weighted by molar-refractivity contribution is 6.30. The van der Waals surface area contributed by atoms with Crippen molar-refractivity contribution in [2.75, 3.05) is 0 Å². The zero-order valence-electron chi connectivity index (χ0n) is 14.5. The highest BCUT2D eigenvalue weighted by Gasteiger charge is 2.41. The number of Topliss-reactive ketones (excluding diaryl/α,β-unsaturated/α-hetero) is 1. The number of benzene rings is 2. The quantitative estimate of drug-likeness (QED) is 0.709. The van der Waals surface area contributed by atoms with Gasteiger partial charge in [-0.2, -0.15) is 0 Å². The summed E-state index contributed by atoms with van der Waals surface area (Å²) in [5.41, 5.74) is 2.21. The van der Waals surface area contributed by atoms with Gasteiger partial charge in [-0.1, -0.05) is 67.7 Å². The van der Waals surface area contributed by atoms with Gasteiger partial charge in [0.05, 0.1) is 0 Å². The fraction of sp³-hybridized carbons (Fsp3) is 0.381. The van der Waals surface area contributed by atoms with Crippen molar-refractivity contribution in [1.82, 2.24) is 5.32 Å². The second kappa shape index (κ2) is 7.90. The molecule has 0 bridgehead atoms. The second-order valence-corrected chi connectivity index (χ2v) is 7.68. The van der Waals surface area contributed by atoms with Gasteiger partial charge in [-0.15, -0.1) is 0 Å². The number of halogens is 2. The molecule has 1 fully saturated rings. The van der Waals surface area contributed by atoms with Gasteiger partial charge in [-0.3, -0.25) is 4.79 Å². The first-order valence-corrected chi connectivity index (χ1v) is 9.57. The Kier molecular flexibility index (Phi) is 5.83. The van der Waals surface area contributed by atoms with Crippen LogP contribution >= 0.6 is 23.2 Å². The lowest BCUT2D eigenvalue weighted by Crippen LogP contribution is -2.47. The Morgan fingerprint density at radius 3 is 1.84 bits per heavy atom. The predicted molar refractivity (Wildman–Crippen MR) is 104 cm³/mol. The summed E-state index contributed by atoms with van der Waals surface area (Å²) in [5.74, 6) is 0.256. The molecule has 4 atom stereocenters. The number of piperidine rings is 1. The van der Waals surface area contributed by atoms with Crippen LogP contribution in [0.3, 0.4) is 0 Å². The van der Waals surface area contributed by atoms with Crippen molar-refractivity contribution in [3.05, 3.63) is 69.7 Å². The van der Waals surface area contributed by atoms with Crippen LogP contribution in [0.4, 0.5) is 0 Å². The molecule has 2 nitrogen and oxygen atoms in total. The van der Waals surface area contributed by atoms with E-state index in [1.165, 1.54) is 0 Å². The molecule has 0 unspecified atom stereocenters. The van der Waals surface area contributed by atoms with Crippen LogP contribution < -0.4 is 5.32 Å². The molecule has 132 valence electrons. The Balaban J connectivity index is 1.96. The Labute approximate surface area is 159 Å². The molecule has 0 spiro atoms. The van der Waals surface area contributed by atoms with Gasteiger partial charge in [0, 0.05) is 34.0 Å². The number of carbonyl (C=O) groups excluding carboxylic acids is 1. The van der Waals surface area contributed by atoms with Crippen LogP contribution in [-0.2, 0) is 4.79 Å². The molecular formula is C21H23Cl2NO. The average molecular weight is 376 g/mol. The summed E-state index contributed by atoms with van der Waals surface area (Å²) in [4.78, 5) is 13.1. The molecule has 0 aromatic heterocycles. The van der Waals surface area contributed by atoms with E-state index >= 15 is 0 Å². The monoisotopic (exact) mass is 375 g/mol. The lowest BCUT2D eigenvalue weighted by Gasteiger charge is -2.41. The molecule has 1 saturated heterocycles. The number of hydrogen-bond acceptors (Lipinski definition) is 2. The number of rotatable bonds is 4. The molecule has 1 N–H and O–H groups in total. The summed E-state index contributed by atoms with van der Waals surface area (Å²) in [7, 11) is 0. The third-order valence-electron chi connectivity index (χ3n) is 5.13. The lowest BCUT2D eigenvalue weighted by molar-refractivity contribution is -0.131. The van der Waals surface area contributed by atoms with Crippen LogP contribution in [0, 0.1) is 11.8 Å². The van der Waals surface area contributed by atoms with Gasteiger partial charge >= 0.3 is 0 Å². The first-order valence-electron chi connectivity index (χ1n) is 8.82. The fourth-order valence-corrected chi connectivity index (χ4v) is 4.05. The van der Waals surface area contributed by atoms with Crippen LogP contribution in [0.15, 0.2) is 48.5 Å². The van der Waals surface area contributed by atoms with Gasteiger partial charge in [0.15, 0.2) is 0 Å². The van der Waals surface area contributed by atoms with E-state index in [2.05, 4.69) is 12.2 Å². The maximum Gasteiger partial charge on any atom is 0.142 e. The number of carbonyl (C=O) groups is 1. The van der Waals surface area contributed by atoms with Crippen molar-refractivity contribution in [3.8, 4) is 0 Å². The van der Waals surface area contributed by atoms with Gasteiger partial charge in [0.1, 0.15) is 5.78 Å². The highest BCUT2D eigenvalue weighted by Crippen LogP contribution is 2.40. The standard InChI is InChI=1S/C21H23Cl2NO/c1-3-4-18-20(15-7-11-17(23)12-8-15)24-19(13(2)21(18)25)14-5-9-16(22)10-6-14/h5-13,18-20,24H,3-4H2,1-2H3/t13-,18-,19-,20-/m1/s1. The molecule has 0 aliphatic carbocycles. The zero-order valence-corrected chi connectivity index (χ0v) is 16.0. The van der Waals surface area contributed by atoms with Crippen molar-refractivity contribution < 1.29 is 4.79 Å². The Morgan fingerprint density at radius 2 is 1.36 bits per heavy atom. The molecule has 3 rings (SSSR count). The Bertz CT molecular complexity index is 727.